The minimum atomic E-state index is -3.76. The van der Waals surface area contributed by atoms with Crippen LogP contribution in [-0.4, -0.2) is 14.2 Å². The summed E-state index contributed by atoms with van der Waals surface area (Å²) >= 11 is 5.98. The standard InChI is InChI=1S/C16H16ClNO3S/c1-10-5-7-14(9-15(10)17)22(20,21)18-16-8-13(12(3)19)6-4-11(16)2/h4-9,18H,1-3H3. The molecule has 1 N–H and O–H groups in total. The number of halogens is 1. The van der Waals surface area contributed by atoms with Gasteiger partial charge in [0.15, 0.2) is 5.78 Å². The quantitative estimate of drug-likeness (QED) is 0.859. The Morgan fingerprint density at radius 1 is 1.05 bits per heavy atom. The lowest BCUT2D eigenvalue weighted by Crippen LogP contribution is -2.14. The van der Waals surface area contributed by atoms with E-state index >= 15 is 0 Å². The van der Waals surface area contributed by atoms with E-state index in [0.717, 1.165) is 11.1 Å². The summed E-state index contributed by atoms with van der Waals surface area (Å²) in [5, 5.41) is 0.386. The van der Waals surface area contributed by atoms with Crippen molar-refractivity contribution in [2.75, 3.05) is 4.72 Å². The zero-order valence-corrected chi connectivity index (χ0v) is 14.0. The first kappa shape index (κ1) is 16.5. The topological polar surface area (TPSA) is 63.2 Å². The Morgan fingerprint density at radius 3 is 2.27 bits per heavy atom. The molecule has 116 valence electrons. The van der Waals surface area contributed by atoms with Gasteiger partial charge in [-0.15, -0.1) is 0 Å². The minimum absolute atomic E-state index is 0.0794. The van der Waals surface area contributed by atoms with E-state index in [2.05, 4.69) is 4.72 Å². The Kier molecular flexibility index (Phi) is 4.58. The van der Waals surface area contributed by atoms with Gasteiger partial charge in [0.25, 0.3) is 10.0 Å². The summed E-state index contributed by atoms with van der Waals surface area (Å²) in [6, 6.07) is 9.45. The van der Waals surface area contributed by atoms with Crippen LogP contribution in [-0.2, 0) is 10.0 Å². The van der Waals surface area contributed by atoms with Gasteiger partial charge in [-0.05, 0) is 50.1 Å². The molecule has 0 saturated carbocycles. The molecule has 0 fully saturated rings. The summed E-state index contributed by atoms with van der Waals surface area (Å²) in [6.07, 6.45) is 0. The van der Waals surface area contributed by atoms with Crippen LogP contribution in [0.4, 0.5) is 5.69 Å². The number of anilines is 1. The van der Waals surface area contributed by atoms with Gasteiger partial charge in [0.05, 0.1) is 10.6 Å². The van der Waals surface area contributed by atoms with Gasteiger partial charge in [0, 0.05) is 10.6 Å². The monoisotopic (exact) mass is 337 g/mol. The number of rotatable bonds is 4. The molecular formula is C16H16ClNO3S. The van der Waals surface area contributed by atoms with Crippen LogP contribution in [0.15, 0.2) is 41.3 Å². The third-order valence-electron chi connectivity index (χ3n) is 3.34. The molecule has 0 aliphatic carbocycles. The molecule has 0 bridgehead atoms. The van der Waals surface area contributed by atoms with Crippen LogP contribution in [0.1, 0.15) is 28.4 Å². The van der Waals surface area contributed by atoms with Gasteiger partial charge in [0.2, 0.25) is 0 Å². The van der Waals surface area contributed by atoms with Crippen LogP contribution in [0.5, 0.6) is 0 Å². The van der Waals surface area contributed by atoms with Gasteiger partial charge in [-0.1, -0.05) is 29.8 Å². The summed E-state index contributed by atoms with van der Waals surface area (Å²) in [7, 11) is -3.76. The molecule has 6 heteroatoms. The molecule has 0 aliphatic heterocycles. The average Bonchev–Trinajstić information content (AvgIpc) is 2.43. The van der Waals surface area contributed by atoms with Crippen LogP contribution in [0.2, 0.25) is 5.02 Å². The van der Waals surface area contributed by atoms with Gasteiger partial charge in [-0.25, -0.2) is 8.42 Å². The van der Waals surface area contributed by atoms with Gasteiger partial charge < -0.3 is 0 Å². The van der Waals surface area contributed by atoms with Gasteiger partial charge >= 0.3 is 0 Å². The Labute approximate surface area is 135 Å². The summed E-state index contributed by atoms with van der Waals surface area (Å²) in [4.78, 5) is 11.5. The molecule has 0 amide bonds. The predicted molar refractivity (Wildman–Crippen MR) is 88.2 cm³/mol. The summed E-state index contributed by atoms with van der Waals surface area (Å²) in [5.41, 5.74) is 2.36. The molecule has 0 heterocycles. The number of nitrogens with one attached hydrogen (secondary N) is 1. The van der Waals surface area contributed by atoms with Crippen molar-refractivity contribution in [2.24, 2.45) is 0 Å². The number of hydrogen-bond donors (Lipinski definition) is 1. The summed E-state index contributed by atoms with van der Waals surface area (Å²) < 4.78 is 27.4. The fourth-order valence-electron chi connectivity index (χ4n) is 1.90. The van der Waals surface area contributed by atoms with Crippen molar-refractivity contribution in [3.8, 4) is 0 Å². The SMILES string of the molecule is CC(=O)c1ccc(C)c(NS(=O)(=O)c2ccc(C)c(Cl)c2)c1. The molecule has 2 rings (SSSR count). The molecular weight excluding hydrogens is 322 g/mol. The normalized spacial score (nSPS) is 11.3. The molecule has 4 nitrogen and oxygen atoms in total. The summed E-state index contributed by atoms with van der Waals surface area (Å²) in [6.45, 7) is 5.00. The zero-order valence-electron chi connectivity index (χ0n) is 12.5. The third-order valence-corrected chi connectivity index (χ3v) is 5.11. The Hall–Kier alpha value is -1.85. The third kappa shape index (κ3) is 3.48. The Morgan fingerprint density at radius 2 is 1.68 bits per heavy atom. The first-order valence-corrected chi connectivity index (χ1v) is 8.47. The molecule has 22 heavy (non-hydrogen) atoms. The number of carbonyl (C=O) groups excluding carboxylic acids is 1. The van der Waals surface area contributed by atoms with Gasteiger partial charge in [-0.2, -0.15) is 0 Å². The van der Waals surface area contributed by atoms with Gasteiger partial charge in [0.1, 0.15) is 0 Å². The van der Waals surface area contributed by atoms with Gasteiger partial charge in [-0.3, -0.25) is 9.52 Å². The number of Topliss-reactive ketones (excluding diaryl/α,β-unsaturated/α-hetero) is 1. The molecule has 0 radical (unpaired) electrons. The van der Waals surface area contributed by atoms with E-state index in [0.29, 0.717) is 16.3 Å². The fourth-order valence-corrected chi connectivity index (χ4v) is 3.29. The predicted octanol–water partition coefficient (Wildman–Crippen LogP) is 3.96. The highest BCUT2D eigenvalue weighted by molar-refractivity contribution is 7.92. The van der Waals surface area contributed by atoms with Crippen molar-refractivity contribution >= 4 is 33.1 Å². The van der Waals surface area contributed by atoms with Crippen LogP contribution < -0.4 is 4.72 Å². The Bertz CT molecular complexity index is 844. The van der Waals surface area contributed by atoms with E-state index in [1.165, 1.54) is 25.1 Å². The van der Waals surface area contributed by atoms with E-state index in [1.54, 1.807) is 32.0 Å². The number of carbonyl (C=O) groups is 1. The average molecular weight is 338 g/mol. The second-order valence-electron chi connectivity index (χ2n) is 5.10. The first-order chi connectivity index (χ1) is 10.2. The highest BCUT2D eigenvalue weighted by Gasteiger charge is 2.17. The first-order valence-electron chi connectivity index (χ1n) is 6.61. The minimum Gasteiger partial charge on any atom is -0.295 e. The lowest BCUT2D eigenvalue weighted by atomic mass is 10.1. The largest absolute Gasteiger partial charge is 0.295 e. The van der Waals surface area contributed by atoms with Crippen LogP contribution in [0, 0.1) is 13.8 Å². The maximum atomic E-state index is 12.4. The molecule has 0 aliphatic rings. The summed E-state index contributed by atoms with van der Waals surface area (Å²) in [5.74, 6) is -0.126. The van der Waals surface area contributed by atoms with E-state index in [1.807, 2.05) is 0 Å². The van der Waals surface area contributed by atoms with Crippen molar-refractivity contribution < 1.29 is 13.2 Å². The number of benzene rings is 2. The number of ketones is 1. The van der Waals surface area contributed by atoms with Crippen molar-refractivity contribution in [2.45, 2.75) is 25.7 Å². The maximum absolute atomic E-state index is 12.4. The van der Waals surface area contributed by atoms with Crippen molar-refractivity contribution in [1.29, 1.82) is 0 Å². The molecule has 0 saturated heterocycles. The molecule has 0 aromatic heterocycles. The molecule has 0 atom stereocenters. The van der Waals surface area contributed by atoms with Crippen molar-refractivity contribution in [3.05, 3.63) is 58.1 Å². The second kappa shape index (κ2) is 6.10. The highest BCUT2D eigenvalue weighted by Crippen LogP contribution is 2.24. The number of aryl methyl sites for hydroxylation is 2. The lowest BCUT2D eigenvalue weighted by molar-refractivity contribution is 0.101. The molecule has 0 spiro atoms. The van der Waals surface area contributed by atoms with E-state index in [-0.39, 0.29) is 10.7 Å². The second-order valence-corrected chi connectivity index (χ2v) is 7.19. The molecule has 0 unspecified atom stereocenters. The zero-order chi connectivity index (χ0) is 16.5. The van der Waals surface area contributed by atoms with E-state index < -0.39 is 10.0 Å². The van der Waals surface area contributed by atoms with Crippen LogP contribution in [0.25, 0.3) is 0 Å². The molecule has 2 aromatic carbocycles. The number of hydrogen-bond acceptors (Lipinski definition) is 3. The van der Waals surface area contributed by atoms with E-state index in [9.17, 15) is 13.2 Å². The van der Waals surface area contributed by atoms with Crippen LogP contribution >= 0.6 is 11.6 Å². The van der Waals surface area contributed by atoms with E-state index in [4.69, 9.17) is 11.6 Å². The fraction of sp³-hybridized carbons (Fsp3) is 0.188. The maximum Gasteiger partial charge on any atom is 0.261 e. The van der Waals surface area contributed by atoms with Crippen molar-refractivity contribution in [3.63, 3.8) is 0 Å². The highest BCUT2D eigenvalue weighted by atomic mass is 35.5. The van der Waals surface area contributed by atoms with Crippen LogP contribution in [0.3, 0.4) is 0 Å². The number of sulfonamides is 1. The lowest BCUT2D eigenvalue weighted by Gasteiger charge is -2.12. The smallest absolute Gasteiger partial charge is 0.261 e. The van der Waals surface area contributed by atoms with Crippen molar-refractivity contribution in [1.82, 2.24) is 0 Å². The molecule has 2 aromatic rings. The Balaban J connectivity index is 2.42.